The van der Waals surface area contributed by atoms with E-state index in [0.717, 1.165) is 55.8 Å². The molecular formula is C29H29NO4. The Balaban J connectivity index is 1.73. The summed E-state index contributed by atoms with van der Waals surface area (Å²) in [6.45, 7) is 8.37. The summed E-state index contributed by atoms with van der Waals surface area (Å²) in [5.74, 6) is 1.26. The van der Waals surface area contributed by atoms with E-state index in [2.05, 4.69) is 5.32 Å². The van der Waals surface area contributed by atoms with Crippen LogP contribution in [0.2, 0.25) is 0 Å². The monoisotopic (exact) mass is 455 g/mol. The lowest BCUT2D eigenvalue weighted by Crippen LogP contribution is -2.10. The molecule has 0 saturated carbocycles. The molecule has 0 atom stereocenters. The number of aryl methyl sites for hydroxylation is 2. The Bertz CT molecular complexity index is 1380. The highest BCUT2D eigenvalue weighted by Gasteiger charge is 2.16. The van der Waals surface area contributed by atoms with Gasteiger partial charge in [0, 0.05) is 34.3 Å². The summed E-state index contributed by atoms with van der Waals surface area (Å²) in [5.41, 5.74) is 7.28. The van der Waals surface area contributed by atoms with Crippen LogP contribution in [-0.2, 0) is 4.79 Å². The number of hydrogen-bond acceptors (Lipinski definition) is 4. The van der Waals surface area contributed by atoms with E-state index >= 15 is 0 Å². The summed E-state index contributed by atoms with van der Waals surface area (Å²) in [6.07, 6.45) is 3.35. The second kappa shape index (κ2) is 9.87. The van der Waals surface area contributed by atoms with Gasteiger partial charge in [-0.2, -0.15) is 0 Å². The largest absolute Gasteiger partial charge is 0.497 e. The number of furan rings is 1. The van der Waals surface area contributed by atoms with Gasteiger partial charge in [-0.25, -0.2) is 0 Å². The van der Waals surface area contributed by atoms with Gasteiger partial charge in [-0.05, 0) is 68.7 Å². The third-order valence-electron chi connectivity index (χ3n) is 5.77. The van der Waals surface area contributed by atoms with Crippen molar-refractivity contribution in [1.29, 1.82) is 0 Å². The van der Waals surface area contributed by atoms with Crippen LogP contribution >= 0.6 is 0 Å². The minimum atomic E-state index is -0.188. The smallest absolute Gasteiger partial charge is 0.248 e. The Kier molecular flexibility index (Phi) is 6.73. The number of benzene rings is 3. The van der Waals surface area contributed by atoms with E-state index in [9.17, 15) is 4.79 Å². The molecule has 0 bridgehead atoms. The van der Waals surface area contributed by atoms with E-state index in [1.807, 2.05) is 82.3 Å². The second-order valence-electron chi connectivity index (χ2n) is 8.29. The zero-order valence-electron chi connectivity index (χ0n) is 20.2. The highest BCUT2D eigenvalue weighted by Crippen LogP contribution is 2.38. The number of rotatable bonds is 7. The number of methoxy groups -OCH3 is 1. The third kappa shape index (κ3) is 4.84. The summed E-state index contributed by atoms with van der Waals surface area (Å²) < 4.78 is 17.1. The molecule has 34 heavy (non-hydrogen) atoms. The lowest BCUT2D eigenvalue weighted by molar-refractivity contribution is -0.111. The van der Waals surface area contributed by atoms with Crippen LogP contribution in [0.4, 0.5) is 5.69 Å². The van der Waals surface area contributed by atoms with Crippen LogP contribution in [0, 0.1) is 13.8 Å². The molecule has 4 rings (SSSR count). The van der Waals surface area contributed by atoms with Crippen molar-refractivity contribution in [3.8, 4) is 22.6 Å². The first-order chi connectivity index (χ1) is 16.4. The molecule has 5 nitrogen and oxygen atoms in total. The molecular weight excluding hydrogens is 426 g/mol. The van der Waals surface area contributed by atoms with Gasteiger partial charge in [0.05, 0.1) is 20.0 Å². The van der Waals surface area contributed by atoms with Crippen molar-refractivity contribution in [2.75, 3.05) is 19.0 Å². The molecule has 0 aliphatic carbocycles. The molecule has 0 aliphatic heterocycles. The van der Waals surface area contributed by atoms with Gasteiger partial charge in [0.25, 0.3) is 0 Å². The zero-order chi connectivity index (χ0) is 24.2. The van der Waals surface area contributed by atoms with Crippen molar-refractivity contribution in [1.82, 2.24) is 0 Å². The van der Waals surface area contributed by atoms with E-state index in [1.54, 1.807) is 19.4 Å². The minimum Gasteiger partial charge on any atom is -0.497 e. The predicted molar refractivity (Wildman–Crippen MR) is 138 cm³/mol. The number of carbonyl (C=O) groups excluding carboxylic acids is 1. The van der Waals surface area contributed by atoms with E-state index in [0.29, 0.717) is 12.4 Å². The molecule has 1 amide bonds. The van der Waals surface area contributed by atoms with Crippen molar-refractivity contribution in [3.05, 3.63) is 83.6 Å². The van der Waals surface area contributed by atoms with Gasteiger partial charge in [0.1, 0.15) is 17.1 Å². The fourth-order valence-corrected chi connectivity index (χ4v) is 4.05. The molecule has 0 unspecified atom stereocenters. The number of hydrogen-bond donors (Lipinski definition) is 1. The maximum Gasteiger partial charge on any atom is 0.248 e. The Morgan fingerprint density at radius 2 is 1.91 bits per heavy atom. The van der Waals surface area contributed by atoms with Gasteiger partial charge in [0.2, 0.25) is 5.91 Å². The van der Waals surface area contributed by atoms with E-state index in [-0.39, 0.29) is 5.91 Å². The number of amides is 1. The predicted octanol–water partition coefficient (Wildman–Crippen LogP) is 7.17. The zero-order valence-corrected chi connectivity index (χ0v) is 20.2. The molecule has 1 heterocycles. The molecule has 1 aromatic heterocycles. The second-order valence-corrected chi connectivity index (χ2v) is 8.29. The summed E-state index contributed by atoms with van der Waals surface area (Å²) >= 11 is 0. The molecule has 0 saturated heterocycles. The summed E-state index contributed by atoms with van der Waals surface area (Å²) in [7, 11) is 1.65. The molecule has 4 aromatic rings. The molecule has 0 radical (unpaired) electrons. The highest BCUT2D eigenvalue weighted by molar-refractivity contribution is 6.05. The van der Waals surface area contributed by atoms with E-state index in [4.69, 9.17) is 13.9 Å². The highest BCUT2D eigenvalue weighted by atomic mass is 16.5. The molecule has 0 aliphatic rings. The fourth-order valence-electron chi connectivity index (χ4n) is 4.05. The number of carbonyl (C=O) groups is 1. The van der Waals surface area contributed by atoms with Gasteiger partial charge < -0.3 is 19.2 Å². The molecule has 174 valence electrons. The van der Waals surface area contributed by atoms with Gasteiger partial charge in [0.15, 0.2) is 0 Å². The Labute approximate surface area is 200 Å². The molecule has 0 spiro atoms. The lowest BCUT2D eigenvalue weighted by Gasteiger charge is -2.12. The molecule has 3 aromatic carbocycles. The maximum absolute atomic E-state index is 12.8. The van der Waals surface area contributed by atoms with Gasteiger partial charge in [-0.1, -0.05) is 29.8 Å². The fraction of sp³-hybridized carbons (Fsp3) is 0.207. The van der Waals surface area contributed by atoms with Crippen LogP contribution in [-0.4, -0.2) is 19.6 Å². The van der Waals surface area contributed by atoms with Gasteiger partial charge >= 0.3 is 0 Å². The standard InChI is InChI=1S/C29H29NO4/c1-6-33-27-16-28-24(25(17-34-28)21-8-7-9-22(14-21)32-5)15-23(27)19(3)13-29(31)30-26-11-10-18(2)12-20(26)4/h7-17H,6H2,1-5H3,(H,30,31)/b19-13+. The van der Waals surface area contributed by atoms with Gasteiger partial charge in [-0.3, -0.25) is 4.79 Å². The minimum absolute atomic E-state index is 0.188. The third-order valence-corrected chi connectivity index (χ3v) is 5.77. The Morgan fingerprint density at radius 1 is 1.09 bits per heavy atom. The average Bonchev–Trinajstić information content (AvgIpc) is 3.23. The van der Waals surface area contributed by atoms with Crippen LogP contribution in [0.25, 0.3) is 27.7 Å². The topological polar surface area (TPSA) is 60.7 Å². The summed E-state index contributed by atoms with van der Waals surface area (Å²) in [5, 5.41) is 3.92. The maximum atomic E-state index is 12.8. The number of ether oxygens (including phenoxy) is 2. The Morgan fingerprint density at radius 3 is 2.65 bits per heavy atom. The number of fused-ring (bicyclic) bond motifs is 1. The van der Waals surface area contributed by atoms with Crippen LogP contribution < -0.4 is 14.8 Å². The van der Waals surface area contributed by atoms with Gasteiger partial charge in [-0.15, -0.1) is 0 Å². The van der Waals surface area contributed by atoms with Crippen molar-refractivity contribution < 1.29 is 18.7 Å². The van der Waals surface area contributed by atoms with Crippen LogP contribution in [0.15, 0.2) is 71.4 Å². The van der Waals surface area contributed by atoms with Crippen molar-refractivity contribution in [2.24, 2.45) is 0 Å². The van der Waals surface area contributed by atoms with Crippen molar-refractivity contribution in [3.63, 3.8) is 0 Å². The Hall–Kier alpha value is -3.99. The SMILES string of the molecule is CCOc1cc2occ(-c3cccc(OC)c3)c2cc1/C(C)=C/C(=O)Nc1ccc(C)cc1C. The van der Waals surface area contributed by atoms with Crippen molar-refractivity contribution in [2.45, 2.75) is 27.7 Å². The molecule has 1 N–H and O–H groups in total. The first-order valence-electron chi connectivity index (χ1n) is 11.3. The number of nitrogens with one attached hydrogen (secondary N) is 1. The first-order valence-corrected chi connectivity index (χ1v) is 11.3. The van der Waals surface area contributed by atoms with E-state index in [1.165, 1.54) is 0 Å². The number of anilines is 1. The van der Waals surface area contributed by atoms with Crippen LogP contribution in [0.3, 0.4) is 0 Å². The lowest BCUT2D eigenvalue weighted by atomic mass is 9.99. The molecule has 0 fully saturated rings. The normalized spacial score (nSPS) is 11.5. The summed E-state index contributed by atoms with van der Waals surface area (Å²) in [4.78, 5) is 12.8. The molecule has 5 heteroatoms. The average molecular weight is 456 g/mol. The quantitative estimate of drug-likeness (QED) is 0.300. The van der Waals surface area contributed by atoms with Crippen LogP contribution in [0.5, 0.6) is 11.5 Å². The van der Waals surface area contributed by atoms with E-state index < -0.39 is 0 Å². The van der Waals surface area contributed by atoms with Crippen molar-refractivity contribution >= 4 is 28.1 Å². The number of allylic oxidation sites excluding steroid dienone is 1. The van der Waals surface area contributed by atoms with Crippen LogP contribution in [0.1, 0.15) is 30.5 Å². The first kappa shape index (κ1) is 23.2. The summed E-state index contributed by atoms with van der Waals surface area (Å²) in [6, 6.07) is 17.7.